The molecule has 0 N–H and O–H groups in total. The summed E-state index contributed by atoms with van der Waals surface area (Å²) in [5.41, 5.74) is 0. The van der Waals surface area contributed by atoms with E-state index in [1.54, 1.807) is 6.33 Å². The fourth-order valence-electron chi connectivity index (χ4n) is 0.700. The Morgan fingerprint density at radius 1 is 1.70 bits per heavy atom. The molecule has 4 heteroatoms. The molecular weight excluding hydrogens is 241 g/mol. The van der Waals surface area contributed by atoms with Crippen LogP contribution in [0.2, 0.25) is 0 Å². The number of aromatic nitrogens is 3. The molecule has 0 aliphatic carbocycles. The Bertz CT molecular complexity index is 197. The second kappa shape index (κ2) is 3.90. The van der Waals surface area contributed by atoms with Gasteiger partial charge in [0.1, 0.15) is 6.33 Å². The molecule has 0 unspecified atom stereocenters. The summed E-state index contributed by atoms with van der Waals surface area (Å²) in [6.45, 7) is 3.16. The molecule has 0 bridgehead atoms. The number of hydrogen-bond donors (Lipinski definition) is 0. The van der Waals surface area contributed by atoms with Crippen LogP contribution in [0.25, 0.3) is 0 Å². The van der Waals surface area contributed by atoms with Crippen molar-refractivity contribution in [2.75, 3.05) is 0 Å². The van der Waals surface area contributed by atoms with Gasteiger partial charge in [0, 0.05) is 29.1 Å². The van der Waals surface area contributed by atoms with E-state index in [0.717, 1.165) is 10.4 Å². The largest absolute Gasteiger partial charge is 0.252 e. The average molecular weight is 251 g/mol. The van der Waals surface area contributed by atoms with Gasteiger partial charge in [0.25, 0.3) is 0 Å². The maximum Gasteiger partial charge on any atom is 0.211 e. The van der Waals surface area contributed by atoms with E-state index in [1.165, 1.54) is 12.8 Å². The van der Waals surface area contributed by atoms with Crippen LogP contribution in [0.3, 0.4) is 0 Å². The quantitative estimate of drug-likeness (QED) is 0.765. The third-order valence-corrected chi connectivity index (χ3v) is 1.74. The topological polar surface area (TPSA) is 30.7 Å². The molecule has 10 heavy (non-hydrogen) atoms. The first-order valence-electron chi connectivity index (χ1n) is 3.38. The molecule has 0 aromatic carbocycles. The second-order valence-electron chi connectivity index (χ2n) is 2.13. The standard InChI is InChI=1S/C6H10IN3/c1-2-3-4-10-5-8-6(7)9-10/h5H,2-4H2,1H3. The van der Waals surface area contributed by atoms with Crippen molar-refractivity contribution in [1.29, 1.82) is 0 Å². The molecular formula is C6H10IN3. The number of rotatable bonds is 3. The minimum absolute atomic E-state index is 0.828. The van der Waals surface area contributed by atoms with E-state index in [1.807, 2.05) is 4.68 Å². The Kier molecular flexibility index (Phi) is 3.11. The zero-order valence-corrected chi connectivity index (χ0v) is 8.08. The van der Waals surface area contributed by atoms with Crippen molar-refractivity contribution >= 4 is 22.6 Å². The molecule has 0 amide bonds. The molecule has 1 rings (SSSR count). The van der Waals surface area contributed by atoms with E-state index < -0.39 is 0 Å². The van der Waals surface area contributed by atoms with Crippen molar-refractivity contribution in [3.63, 3.8) is 0 Å². The highest BCUT2D eigenvalue weighted by Gasteiger charge is 1.93. The second-order valence-corrected chi connectivity index (χ2v) is 3.10. The molecule has 0 saturated carbocycles. The Hall–Kier alpha value is -0.130. The highest BCUT2D eigenvalue weighted by Crippen LogP contribution is 1.96. The summed E-state index contributed by atoms with van der Waals surface area (Å²) in [4.78, 5) is 4.01. The van der Waals surface area contributed by atoms with Crippen LogP contribution in [-0.2, 0) is 6.54 Å². The molecule has 0 aliphatic rings. The monoisotopic (exact) mass is 251 g/mol. The smallest absolute Gasteiger partial charge is 0.211 e. The Balaban J connectivity index is 2.42. The van der Waals surface area contributed by atoms with Crippen molar-refractivity contribution in [3.05, 3.63) is 10.2 Å². The van der Waals surface area contributed by atoms with E-state index in [0.29, 0.717) is 0 Å². The molecule has 0 radical (unpaired) electrons. The highest BCUT2D eigenvalue weighted by molar-refractivity contribution is 14.1. The SMILES string of the molecule is CCCCn1cnc(I)n1. The molecule has 0 spiro atoms. The fourth-order valence-corrected chi connectivity index (χ4v) is 1.10. The summed E-state index contributed by atoms with van der Waals surface area (Å²) in [5.74, 6) is 0. The van der Waals surface area contributed by atoms with Gasteiger partial charge in [-0.05, 0) is 6.42 Å². The van der Waals surface area contributed by atoms with Gasteiger partial charge >= 0.3 is 0 Å². The van der Waals surface area contributed by atoms with Crippen LogP contribution in [0.15, 0.2) is 6.33 Å². The number of aryl methyl sites for hydroxylation is 1. The van der Waals surface area contributed by atoms with Gasteiger partial charge in [0.15, 0.2) is 0 Å². The van der Waals surface area contributed by atoms with Crippen LogP contribution >= 0.6 is 22.6 Å². The fraction of sp³-hybridized carbons (Fsp3) is 0.667. The summed E-state index contributed by atoms with van der Waals surface area (Å²) in [6, 6.07) is 0. The van der Waals surface area contributed by atoms with E-state index in [-0.39, 0.29) is 0 Å². The van der Waals surface area contributed by atoms with Gasteiger partial charge in [-0.3, -0.25) is 4.68 Å². The lowest BCUT2D eigenvalue weighted by Gasteiger charge is -1.94. The third kappa shape index (κ3) is 2.24. The molecule has 0 atom stereocenters. The lowest BCUT2D eigenvalue weighted by molar-refractivity contribution is 0.568. The minimum Gasteiger partial charge on any atom is -0.252 e. The van der Waals surface area contributed by atoms with Crippen LogP contribution < -0.4 is 0 Å². The Morgan fingerprint density at radius 3 is 3.00 bits per heavy atom. The third-order valence-electron chi connectivity index (χ3n) is 1.25. The molecule has 0 saturated heterocycles. The molecule has 1 heterocycles. The van der Waals surface area contributed by atoms with Gasteiger partial charge in [-0.15, -0.1) is 5.10 Å². The van der Waals surface area contributed by atoms with Crippen LogP contribution in [-0.4, -0.2) is 14.8 Å². The summed E-state index contributed by atoms with van der Waals surface area (Å²) in [5, 5.41) is 4.14. The van der Waals surface area contributed by atoms with Gasteiger partial charge < -0.3 is 0 Å². The summed E-state index contributed by atoms with van der Waals surface area (Å²) < 4.78 is 2.71. The van der Waals surface area contributed by atoms with Gasteiger partial charge in [-0.25, -0.2) is 4.98 Å². The van der Waals surface area contributed by atoms with Crippen molar-refractivity contribution in [2.24, 2.45) is 0 Å². The molecule has 0 fully saturated rings. The average Bonchev–Trinajstić information content (AvgIpc) is 2.31. The zero-order valence-electron chi connectivity index (χ0n) is 5.92. The van der Waals surface area contributed by atoms with Gasteiger partial charge in [-0.1, -0.05) is 13.3 Å². The minimum atomic E-state index is 0.828. The highest BCUT2D eigenvalue weighted by atomic mass is 127. The first-order chi connectivity index (χ1) is 4.83. The van der Waals surface area contributed by atoms with Crippen LogP contribution in [0, 0.1) is 3.83 Å². The Labute approximate surface area is 74.0 Å². The van der Waals surface area contributed by atoms with Crippen LogP contribution in [0.1, 0.15) is 19.8 Å². The van der Waals surface area contributed by atoms with Crippen molar-refractivity contribution in [3.8, 4) is 0 Å². The number of nitrogens with zero attached hydrogens (tertiary/aromatic N) is 3. The van der Waals surface area contributed by atoms with Crippen LogP contribution in [0.4, 0.5) is 0 Å². The van der Waals surface area contributed by atoms with Gasteiger partial charge in [0.05, 0.1) is 0 Å². The van der Waals surface area contributed by atoms with Crippen LogP contribution in [0.5, 0.6) is 0 Å². The number of halogens is 1. The maximum absolute atomic E-state index is 4.14. The predicted molar refractivity (Wildman–Crippen MR) is 47.6 cm³/mol. The predicted octanol–water partition coefficient (Wildman–Crippen LogP) is 1.68. The molecule has 1 aromatic rings. The van der Waals surface area contributed by atoms with E-state index in [2.05, 4.69) is 39.6 Å². The first-order valence-corrected chi connectivity index (χ1v) is 4.45. The number of unbranched alkanes of at least 4 members (excludes halogenated alkanes) is 1. The summed E-state index contributed by atoms with van der Waals surface area (Å²) in [6.07, 6.45) is 4.16. The lowest BCUT2D eigenvalue weighted by atomic mass is 10.3. The maximum atomic E-state index is 4.14. The molecule has 0 aliphatic heterocycles. The van der Waals surface area contributed by atoms with Crippen molar-refractivity contribution < 1.29 is 0 Å². The lowest BCUT2D eigenvalue weighted by Crippen LogP contribution is -1.97. The Morgan fingerprint density at radius 2 is 2.50 bits per heavy atom. The zero-order chi connectivity index (χ0) is 7.40. The van der Waals surface area contributed by atoms with Gasteiger partial charge in [0.2, 0.25) is 3.83 Å². The molecule has 3 nitrogen and oxygen atoms in total. The first kappa shape index (κ1) is 7.97. The van der Waals surface area contributed by atoms with E-state index in [4.69, 9.17) is 0 Å². The van der Waals surface area contributed by atoms with Crippen molar-refractivity contribution in [1.82, 2.24) is 14.8 Å². The summed E-state index contributed by atoms with van der Waals surface area (Å²) in [7, 11) is 0. The van der Waals surface area contributed by atoms with E-state index in [9.17, 15) is 0 Å². The van der Waals surface area contributed by atoms with E-state index >= 15 is 0 Å². The van der Waals surface area contributed by atoms with Gasteiger partial charge in [-0.2, -0.15) is 0 Å². The summed E-state index contributed by atoms with van der Waals surface area (Å²) >= 11 is 2.11. The molecule has 1 aromatic heterocycles. The van der Waals surface area contributed by atoms with Crippen molar-refractivity contribution in [2.45, 2.75) is 26.3 Å². The molecule has 56 valence electrons. The normalized spacial score (nSPS) is 10.2. The number of hydrogen-bond acceptors (Lipinski definition) is 2.